The van der Waals surface area contributed by atoms with Crippen molar-refractivity contribution >= 4 is 39.1 Å². The van der Waals surface area contributed by atoms with Gasteiger partial charge in [0.2, 0.25) is 11.8 Å². The van der Waals surface area contributed by atoms with Crippen molar-refractivity contribution in [3.05, 3.63) is 46.4 Å². The summed E-state index contributed by atoms with van der Waals surface area (Å²) in [5.41, 5.74) is 0.462. The lowest BCUT2D eigenvalue weighted by molar-refractivity contribution is -0.130. The van der Waals surface area contributed by atoms with Gasteiger partial charge in [-0.25, -0.2) is 0 Å². The van der Waals surface area contributed by atoms with Crippen molar-refractivity contribution in [3.8, 4) is 11.5 Å². The Balaban J connectivity index is 1.75. The molecule has 0 saturated carbocycles. The predicted molar refractivity (Wildman–Crippen MR) is 119 cm³/mol. The van der Waals surface area contributed by atoms with Crippen molar-refractivity contribution in [2.45, 2.75) is 31.0 Å². The number of amides is 2. The van der Waals surface area contributed by atoms with E-state index in [0.29, 0.717) is 28.4 Å². The van der Waals surface area contributed by atoms with E-state index in [2.05, 4.69) is 31.9 Å². The van der Waals surface area contributed by atoms with E-state index in [0.717, 1.165) is 4.47 Å². The van der Waals surface area contributed by atoms with Crippen LogP contribution in [0.15, 0.2) is 40.9 Å². The van der Waals surface area contributed by atoms with Gasteiger partial charge < -0.3 is 25.2 Å². The van der Waals surface area contributed by atoms with E-state index in [-0.39, 0.29) is 18.2 Å². The van der Waals surface area contributed by atoms with E-state index in [1.54, 1.807) is 31.2 Å². The van der Waals surface area contributed by atoms with Gasteiger partial charge in [-0.05, 0) is 43.7 Å². The number of carbonyl (C=O) groups is 2. The van der Waals surface area contributed by atoms with Crippen molar-refractivity contribution in [2.75, 3.05) is 24.9 Å². The van der Waals surface area contributed by atoms with Crippen LogP contribution >= 0.6 is 15.9 Å². The molecule has 4 N–H and O–H groups in total. The summed E-state index contributed by atoms with van der Waals surface area (Å²) >= 11 is 3.46. The van der Waals surface area contributed by atoms with E-state index in [1.165, 1.54) is 14.2 Å². The lowest BCUT2D eigenvalue weighted by Gasteiger charge is -2.29. The molecule has 1 fully saturated rings. The molecular weight excluding hydrogens is 466 g/mol. The number of nitrogens with one attached hydrogen (secondary N) is 3. The number of ether oxygens (including phenoxy) is 2. The summed E-state index contributed by atoms with van der Waals surface area (Å²) < 4.78 is 11.4. The van der Waals surface area contributed by atoms with Gasteiger partial charge in [0.1, 0.15) is 17.0 Å². The maximum atomic E-state index is 13.5. The number of anilines is 2. The summed E-state index contributed by atoms with van der Waals surface area (Å²) in [5.74, 6) is -0.407. The van der Waals surface area contributed by atoms with Crippen molar-refractivity contribution in [1.82, 2.24) is 5.32 Å². The molecule has 0 aromatic heterocycles. The molecule has 8 nitrogen and oxygen atoms in total. The molecule has 0 unspecified atom stereocenters. The van der Waals surface area contributed by atoms with Crippen LogP contribution in [0.25, 0.3) is 0 Å². The Morgan fingerprint density at radius 1 is 1.26 bits per heavy atom. The van der Waals surface area contributed by atoms with Crippen molar-refractivity contribution in [2.24, 2.45) is 5.92 Å². The SMILES string of the molecule is COc1ccc(OC)c(NC(=O)[C@H]2C[C@H]([C@H](C)O)N[C@]23C(=O)Nc2ccc(Br)cc23)c1. The molecule has 1 saturated heterocycles. The van der Waals surface area contributed by atoms with E-state index < -0.39 is 23.6 Å². The molecule has 2 amide bonds. The Hall–Kier alpha value is -2.62. The van der Waals surface area contributed by atoms with Crippen LogP contribution in [-0.2, 0) is 15.1 Å². The molecule has 164 valence electrons. The van der Waals surface area contributed by atoms with Crippen molar-refractivity contribution in [1.29, 1.82) is 0 Å². The molecule has 2 aliphatic rings. The zero-order valence-electron chi connectivity index (χ0n) is 17.4. The topological polar surface area (TPSA) is 109 Å². The fraction of sp³-hybridized carbons (Fsp3) is 0.364. The highest BCUT2D eigenvalue weighted by Gasteiger charge is 2.60. The number of halogens is 1. The Morgan fingerprint density at radius 3 is 2.71 bits per heavy atom. The fourth-order valence-corrected chi connectivity index (χ4v) is 4.78. The summed E-state index contributed by atoms with van der Waals surface area (Å²) in [6.45, 7) is 1.64. The number of hydrogen-bond acceptors (Lipinski definition) is 6. The maximum absolute atomic E-state index is 13.5. The minimum atomic E-state index is -1.29. The second-order valence-electron chi connectivity index (χ2n) is 7.79. The second kappa shape index (κ2) is 8.14. The van der Waals surface area contributed by atoms with Crippen molar-refractivity contribution < 1.29 is 24.2 Å². The molecule has 4 atom stereocenters. The highest BCUT2D eigenvalue weighted by atomic mass is 79.9. The van der Waals surface area contributed by atoms with E-state index in [4.69, 9.17) is 9.47 Å². The molecule has 2 aromatic carbocycles. The third kappa shape index (κ3) is 3.56. The fourth-order valence-electron chi connectivity index (χ4n) is 4.42. The normalized spacial score (nSPS) is 25.1. The lowest BCUT2D eigenvalue weighted by atomic mass is 9.79. The molecule has 2 aliphatic heterocycles. The lowest BCUT2D eigenvalue weighted by Crippen LogP contribution is -2.53. The van der Waals surface area contributed by atoms with Gasteiger partial charge in [0, 0.05) is 27.8 Å². The van der Waals surface area contributed by atoms with Gasteiger partial charge >= 0.3 is 0 Å². The minimum absolute atomic E-state index is 0.287. The molecule has 31 heavy (non-hydrogen) atoms. The van der Waals surface area contributed by atoms with Gasteiger partial charge in [0.15, 0.2) is 0 Å². The van der Waals surface area contributed by atoms with Crippen LogP contribution < -0.4 is 25.4 Å². The average molecular weight is 490 g/mol. The molecule has 0 bridgehead atoms. The Labute approximate surface area is 188 Å². The quantitative estimate of drug-likeness (QED) is 0.513. The molecule has 0 aliphatic carbocycles. The van der Waals surface area contributed by atoms with Gasteiger partial charge in [-0.1, -0.05) is 15.9 Å². The second-order valence-corrected chi connectivity index (χ2v) is 8.70. The standard InChI is InChI=1S/C22H24BrN3O5/c1-11(27)17-10-15(20(28)24-18-9-13(30-2)5-7-19(18)31-3)22(26-17)14-8-12(23)4-6-16(14)25-21(22)29/h4-9,11,15,17,26-27H,10H2,1-3H3,(H,24,28)(H,25,29)/t11-,15+,17+,22-/m0/s1. The first-order valence-electron chi connectivity index (χ1n) is 9.90. The molecule has 4 rings (SSSR count). The molecule has 9 heteroatoms. The predicted octanol–water partition coefficient (Wildman–Crippen LogP) is 2.61. The van der Waals surface area contributed by atoms with Crippen LogP contribution in [0.4, 0.5) is 11.4 Å². The first-order valence-corrected chi connectivity index (χ1v) is 10.7. The average Bonchev–Trinajstić information content (AvgIpc) is 3.28. The third-order valence-corrected chi connectivity index (χ3v) is 6.49. The van der Waals surface area contributed by atoms with Crippen LogP contribution in [0.3, 0.4) is 0 Å². The monoisotopic (exact) mass is 489 g/mol. The van der Waals surface area contributed by atoms with Crippen LogP contribution in [0, 0.1) is 5.92 Å². The Morgan fingerprint density at radius 2 is 2.03 bits per heavy atom. The smallest absolute Gasteiger partial charge is 0.250 e. The highest BCUT2D eigenvalue weighted by molar-refractivity contribution is 9.10. The number of methoxy groups -OCH3 is 2. The molecule has 0 radical (unpaired) electrons. The van der Waals surface area contributed by atoms with Crippen molar-refractivity contribution in [3.63, 3.8) is 0 Å². The summed E-state index contributed by atoms with van der Waals surface area (Å²) in [7, 11) is 3.05. The van der Waals surface area contributed by atoms with Gasteiger partial charge in [0.25, 0.3) is 0 Å². The zero-order chi connectivity index (χ0) is 22.3. The molecule has 2 aromatic rings. The number of carbonyl (C=O) groups excluding carboxylic acids is 2. The van der Waals surface area contributed by atoms with E-state index in [9.17, 15) is 14.7 Å². The number of aliphatic hydroxyl groups is 1. The van der Waals surface area contributed by atoms with Gasteiger partial charge in [-0.15, -0.1) is 0 Å². The van der Waals surface area contributed by atoms with Crippen LogP contribution in [-0.4, -0.2) is 43.3 Å². The Bertz CT molecular complexity index is 1040. The zero-order valence-corrected chi connectivity index (χ0v) is 18.9. The third-order valence-electron chi connectivity index (χ3n) is 6.00. The first kappa shape index (κ1) is 21.6. The molecule has 1 spiro atoms. The Kier molecular flexibility index (Phi) is 5.67. The van der Waals surface area contributed by atoms with E-state index >= 15 is 0 Å². The van der Waals surface area contributed by atoms with Crippen LogP contribution in [0.1, 0.15) is 18.9 Å². The molecule has 2 heterocycles. The highest BCUT2D eigenvalue weighted by Crippen LogP contribution is 2.48. The number of hydrogen-bond donors (Lipinski definition) is 4. The maximum Gasteiger partial charge on any atom is 0.250 e. The molecular formula is C22H24BrN3O5. The number of benzene rings is 2. The summed E-state index contributed by atoms with van der Waals surface area (Å²) in [6, 6.07) is 10.1. The summed E-state index contributed by atoms with van der Waals surface area (Å²) in [6.07, 6.45) is -0.458. The van der Waals surface area contributed by atoms with E-state index in [1.807, 2.05) is 12.1 Å². The summed E-state index contributed by atoms with van der Waals surface area (Å²) in [4.78, 5) is 26.8. The van der Waals surface area contributed by atoms with Gasteiger partial charge in [0.05, 0.1) is 31.9 Å². The summed E-state index contributed by atoms with van der Waals surface area (Å²) in [5, 5.41) is 19.3. The number of fused-ring (bicyclic) bond motifs is 2. The minimum Gasteiger partial charge on any atom is -0.497 e. The van der Waals surface area contributed by atoms with Crippen LogP contribution in [0.2, 0.25) is 0 Å². The first-order chi connectivity index (χ1) is 14.8. The van der Waals surface area contributed by atoms with Gasteiger partial charge in [-0.3, -0.25) is 14.9 Å². The van der Waals surface area contributed by atoms with Gasteiger partial charge in [-0.2, -0.15) is 0 Å². The van der Waals surface area contributed by atoms with Crippen LogP contribution in [0.5, 0.6) is 11.5 Å². The number of rotatable bonds is 5. The largest absolute Gasteiger partial charge is 0.497 e. The number of aliphatic hydroxyl groups excluding tert-OH is 1.